The van der Waals surface area contributed by atoms with E-state index in [4.69, 9.17) is 15.7 Å². The van der Waals surface area contributed by atoms with Gasteiger partial charge in [0.05, 0.1) is 23.5 Å². The van der Waals surface area contributed by atoms with Crippen molar-refractivity contribution < 1.29 is 0 Å². The molecule has 4 heteroatoms. The second-order valence-electron chi connectivity index (χ2n) is 8.02. The number of benzene rings is 1. The Balaban J connectivity index is 1.78. The first-order chi connectivity index (χ1) is 14.2. The van der Waals surface area contributed by atoms with E-state index in [0.717, 1.165) is 19.4 Å². The molecule has 1 saturated heterocycles. The predicted molar refractivity (Wildman–Crippen MR) is 117 cm³/mol. The Morgan fingerprint density at radius 2 is 1.38 bits per heavy atom. The molecule has 0 amide bonds. The fourth-order valence-electron chi connectivity index (χ4n) is 4.66. The molecule has 1 aliphatic rings. The summed E-state index contributed by atoms with van der Waals surface area (Å²) in [6.07, 6.45) is 7.25. The first-order valence-electron chi connectivity index (χ1n) is 10.5. The molecule has 3 aromatic rings. The normalized spacial score (nSPS) is 20.0. The third-order valence-electron chi connectivity index (χ3n) is 6.18. The van der Waals surface area contributed by atoms with Crippen LogP contribution in [-0.2, 0) is 13.1 Å². The highest BCUT2D eigenvalue weighted by Gasteiger charge is 2.35. The lowest BCUT2D eigenvalue weighted by Gasteiger charge is -2.43. The van der Waals surface area contributed by atoms with Gasteiger partial charge in [-0.25, -0.2) is 0 Å². The second-order valence-corrected chi connectivity index (χ2v) is 8.02. The molecule has 4 rings (SSSR count). The van der Waals surface area contributed by atoms with E-state index in [1.807, 2.05) is 24.5 Å². The Bertz CT molecular complexity index is 915. The van der Waals surface area contributed by atoms with Gasteiger partial charge in [-0.1, -0.05) is 36.4 Å². The van der Waals surface area contributed by atoms with Gasteiger partial charge in [-0.15, -0.1) is 0 Å². The quantitative estimate of drug-likeness (QED) is 0.669. The summed E-state index contributed by atoms with van der Waals surface area (Å²) in [5, 5.41) is 0. The van der Waals surface area contributed by atoms with Crippen LogP contribution in [0, 0.1) is 13.8 Å². The van der Waals surface area contributed by atoms with Crippen LogP contribution >= 0.6 is 0 Å². The summed E-state index contributed by atoms with van der Waals surface area (Å²) in [4.78, 5) is 12.2. The van der Waals surface area contributed by atoms with Crippen molar-refractivity contribution in [2.45, 2.75) is 58.3 Å². The van der Waals surface area contributed by atoms with E-state index in [1.165, 1.54) is 40.1 Å². The highest BCUT2D eigenvalue weighted by atomic mass is 15.2. The summed E-state index contributed by atoms with van der Waals surface area (Å²) in [5.74, 6) is 0. The lowest BCUT2D eigenvalue weighted by molar-refractivity contribution is 0.0676. The van der Waals surface area contributed by atoms with Crippen LogP contribution in [0.25, 0.3) is 0 Å². The molecule has 2 aromatic heterocycles. The van der Waals surface area contributed by atoms with Gasteiger partial charge in [-0.3, -0.25) is 14.9 Å². The number of aromatic nitrogens is 2. The molecule has 0 bridgehead atoms. The summed E-state index contributed by atoms with van der Waals surface area (Å²) in [6, 6.07) is 17.5. The van der Waals surface area contributed by atoms with E-state index in [9.17, 15) is 0 Å². The smallest absolute Gasteiger partial charge is 0.0604 e. The van der Waals surface area contributed by atoms with Crippen molar-refractivity contribution in [3.8, 4) is 0 Å². The fourth-order valence-corrected chi connectivity index (χ4v) is 4.66. The van der Waals surface area contributed by atoms with Gasteiger partial charge in [0.2, 0.25) is 0 Å². The van der Waals surface area contributed by atoms with Gasteiger partial charge in [-0.05, 0) is 67.5 Å². The zero-order valence-electron chi connectivity index (χ0n) is 17.4. The number of nitrogens with two attached hydrogens (primary N) is 1. The number of hydrogen-bond acceptors (Lipinski definition) is 4. The predicted octanol–water partition coefficient (Wildman–Crippen LogP) is 5.02. The van der Waals surface area contributed by atoms with Crippen LogP contribution in [0.4, 0.5) is 0 Å². The Morgan fingerprint density at radius 1 is 0.828 bits per heavy atom. The fraction of sp³-hybridized carbons (Fsp3) is 0.360. The van der Waals surface area contributed by atoms with Crippen LogP contribution in [0.3, 0.4) is 0 Å². The minimum atomic E-state index is 0.280. The Kier molecular flexibility index (Phi) is 6.02. The van der Waals surface area contributed by atoms with Crippen molar-refractivity contribution in [1.29, 1.82) is 0 Å². The van der Waals surface area contributed by atoms with Gasteiger partial charge in [0, 0.05) is 25.5 Å². The zero-order valence-corrected chi connectivity index (χ0v) is 17.4. The van der Waals surface area contributed by atoms with Crippen LogP contribution < -0.4 is 5.73 Å². The Labute approximate surface area is 173 Å². The molecular formula is C25H30N4. The minimum Gasteiger partial charge on any atom is -0.326 e. The van der Waals surface area contributed by atoms with E-state index in [2.05, 4.69) is 55.1 Å². The largest absolute Gasteiger partial charge is 0.326 e. The second kappa shape index (κ2) is 8.85. The molecule has 29 heavy (non-hydrogen) atoms. The van der Waals surface area contributed by atoms with Gasteiger partial charge in [0.1, 0.15) is 0 Å². The molecule has 0 aliphatic carbocycles. The average Bonchev–Trinajstić information content (AvgIpc) is 2.75. The molecule has 150 valence electrons. The summed E-state index contributed by atoms with van der Waals surface area (Å²) in [5.41, 5.74) is 13.5. The first-order valence-corrected chi connectivity index (χ1v) is 10.5. The Morgan fingerprint density at radius 3 is 1.90 bits per heavy atom. The van der Waals surface area contributed by atoms with E-state index in [1.54, 1.807) is 0 Å². The minimum absolute atomic E-state index is 0.280. The molecule has 1 aliphatic heterocycles. The van der Waals surface area contributed by atoms with Crippen molar-refractivity contribution >= 4 is 0 Å². The molecular weight excluding hydrogens is 356 g/mol. The number of piperidine rings is 1. The standard InChI is InChI=1S/C25H30N4/c1-18-8-6-14-27-24(18)22-12-5-13-23(25-19(2)9-7-15-28-25)29(22)17-21-11-4-3-10-20(21)16-26/h3-4,6-11,14-15,22-23H,5,12-13,16-17,26H2,1-2H3. The highest BCUT2D eigenvalue weighted by Crippen LogP contribution is 2.43. The first kappa shape index (κ1) is 19.7. The van der Waals surface area contributed by atoms with Crippen molar-refractivity contribution in [2.75, 3.05) is 0 Å². The van der Waals surface area contributed by atoms with Crippen LogP contribution in [0.1, 0.15) is 65.0 Å². The summed E-state index contributed by atoms with van der Waals surface area (Å²) in [6.45, 7) is 5.76. The van der Waals surface area contributed by atoms with Crippen molar-refractivity contribution in [1.82, 2.24) is 14.9 Å². The zero-order chi connectivity index (χ0) is 20.2. The van der Waals surface area contributed by atoms with Gasteiger partial charge < -0.3 is 5.73 Å². The number of rotatable bonds is 5. The SMILES string of the molecule is Cc1cccnc1C1CCCC(c2ncccc2C)N1Cc1ccccc1CN. The summed E-state index contributed by atoms with van der Waals surface area (Å²) in [7, 11) is 0. The molecule has 2 N–H and O–H groups in total. The van der Waals surface area contributed by atoms with Crippen molar-refractivity contribution in [3.63, 3.8) is 0 Å². The lowest BCUT2D eigenvalue weighted by atomic mass is 9.88. The maximum absolute atomic E-state index is 6.05. The van der Waals surface area contributed by atoms with E-state index >= 15 is 0 Å². The van der Waals surface area contributed by atoms with Gasteiger partial charge in [0.15, 0.2) is 0 Å². The number of hydrogen-bond donors (Lipinski definition) is 1. The third kappa shape index (κ3) is 4.09. The lowest BCUT2D eigenvalue weighted by Crippen LogP contribution is -2.37. The number of nitrogens with zero attached hydrogens (tertiary/aromatic N) is 3. The topological polar surface area (TPSA) is 55.0 Å². The highest BCUT2D eigenvalue weighted by molar-refractivity contribution is 5.30. The van der Waals surface area contributed by atoms with Gasteiger partial charge in [0.25, 0.3) is 0 Å². The Hall–Kier alpha value is -2.56. The summed E-state index contributed by atoms with van der Waals surface area (Å²) < 4.78 is 0. The molecule has 0 radical (unpaired) electrons. The summed E-state index contributed by atoms with van der Waals surface area (Å²) >= 11 is 0. The van der Waals surface area contributed by atoms with Crippen LogP contribution in [0.5, 0.6) is 0 Å². The molecule has 0 saturated carbocycles. The van der Waals surface area contributed by atoms with Gasteiger partial charge in [-0.2, -0.15) is 0 Å². The monoisotopic (exact) mass is 386 g/mol. The van der Waals surface area contributed by atoms with Crippen molar-refractivity contribution in [3.05, 3.63) is 94.6 Å². The third-order valence-corrected chi connectivity index (χ3v) is 6.18. The molecule has 4 nitrogen and oxygen atoms in total. The molecule has 0 spiro atoms. The molecule has 2 unspecified atom stereocenters. The van der Waals surface area contributed by atoms with E-state index in [0.29, 0.717) is 6.54 Å². The maximum Gasteiger partial charge on any atom is 0.0604 e. The van der Waals surface area contributed by atoms with Crippen LogP contribution in [0.2, 0.25) is 0 Å². The number of aryl methyl sites for hydroxylation is 2. The maximum atomic E-state index is 6.05. The van der Waals surface area contributed by atoms with Crippen LogP contribution in [0.15, 0.2) is 60.9 Å². The molecule has 1 fully saturated rings. The molecule has 1 aromatic carbocycles. The molecule has 2 atom stereocenters. The van der Waals surface area contributed by atoms with Gasteiger partial charge >= 0.3 is 0 Å². The van der Waals surface area contributed by atoms with Crippen molar-refractivity contribution in [2.24, 2.45) is 5.73 Å². The number of pyridine rings is 2. The van der Waals surface area contributed by atoms with E-state index < -0.39 is 0 Å². The number of likely N-dealkylation sites (tertiary alicyclic amines) is 1. The average molecular weight is 387 g/mol. The molecule has 3 heterocycles. The van der Waals surface area contributed by atoms with Crippen LogP contribution in [-0.4, -0.2) is 14.9 Å². The van der Waals surface area contributed by atoms with E-state index in [-0.39, 0.29) is 12.1 Å².